The minimum atomic E-state index is -3.76. The molecule has 0 heterocycles. The number of ether oxygens (including phenoxy) is 1. The van der Waals surface area contributed by atoms with Gasteiger partial charge >= 0.3 is 5.97 Å². The van der Waals surface area contributed by atoms with E-state index in [1.165, 1.54) is 32.3 Å². The molecule has 0 aliphatic carbocycles. The van der Waals surface area contributed by atoms with E-state index in [4.69, 9.17) is 16.3 Å². The Bertz CT molecular complexity index is 891. The number of esters is 1. The van der Waals surface area contributed by atoms with Crippen molar-refractivity contribution in [3.63, 3.8) is 0 Å². The molecule has 0 N–H and O–H groups in total. The normalized spacial score (nSPS) is 11.6. The fourth-order valence-electron chi connectivity index (χ4n) is 2.10. The van der Waals surface area contributed by atoms with Crippen LogP contribution in [-0.4, -0.2) is 32.8 Å². The quantitative estimate of drug-likeness (QED) is 0.613. The van der Waals surface area contributed by atoms with Crippen LogP contribution in [0.4, 0.5) is 0 Å². The zero-order valence-electron chi connectivity index (χ0n) is 13.8. The first-order chi connectivity index (χ1) is 11.1. The number of hydrogen-bond acceptors (Lipinski definition) is 4. The Labute approximate surface area is 146 Å². The van der Waals surface area contributed by atoms with E-state index in [9.17, 15) is 13.2 Å². The van der Waals surface area contributed by atoms with Gasteiger partial charge < -0.3 is 4.74 Å². The van der Waals surface area contributed by atoms with Crippen LogP contribution in [0.25, 0.3) is 0 Å². The first kappa shape index (κ1) is 18.4. The molecular weight excluding hydrogens is 350 g/mol. The summed E-state index contributed by atoms with van der Waals surface area (Å²) in [7, 11) is -0.966. The van der Waals surface area contributed by atoms with E-state index in [2.05, 4.69) is 0 Å². The van der Waals surface area contributed by atoms with Gasteiger partial charge in [0.2, 0.25) is 10.0 Å². The van der Waals surface area contributed by atoms with Crippen LogP contribution in [0.1, 0.15) is 21.5 Å². The molecule has 0 amide bonds. The van der Waals surface area contributed by atoms with Crippen molar-refractivity contribution in [1.82, 2.24) is 4.31 Å². The van der Waals surface area contributed by atoms with Crippen molar-refractivity contribution in [1.29, 1.82) is 0 Å². The van der Waals surface area contributed by atoms with Crippen LogP contribution < -0.4 is 4.74 Å². The second-order valence-electron chi connectivity index (χ2n) is 5.59. The van der Waals surface area contributed by atoms with Gasteiger partial charge in [0.05, 0.1) is 10.6 Å². The zero-order valence-corrected chi connectivity index (χ0v) is 15.4. The first-order valence-corrected chi connectivity index (χ1v) is 8.96. The van der Waals surface area contributed by atoms with Gasteiger partial charge in [0.15, 0.2) is 0 Å². The fraction of sp³-hybridized carbons (Fsp3) is 0.235. The van der Waals surface area contributed by atoms with E-state index in [0.717, 1.165) is 15.4 Å². The SMILES string of the molecule is Cc1ccc(OC(=O)c2ccc(Cl)c(S(=O)(=O)N(C)C)c2)c(C)c1. The number of carbonyl (C=O) groups excluding carboxylic acids is 1. The van der Waals surface area contributed by atoms with E-state index in [1.54, 1.807) is 6.07 Å². The molecule has 128 valence electrons. The number of rotatable bonds is 4. The number of sulfonamides is 1. The number of benzene rings is 2. The van der Waals surface area contributed by atoms with Gasteiger partial charge in [-0.15, -0.1) is 0 Å². The predicted octanol–water partition coefficient (Wildman–Crippen LogP) is 3.43. The van der Waals surface area contributed by atoms with Gasteiger partial charge in [-0.3, -0.25) is 0 Å². The number of hydrogen-bond donors (Lipinski definition) is 0. The van der Waals surface area contributed by atoms with Crippen molar-refractivity contribution in [2.24, 2.45) is 0 Å². The van der Waals surface area contributed by atoms with Crippen molar-refractivity contribution in [2.75, 3.05) is 14.1 Å². The minimum Gasteiger partial charge on any atom is -0.423 e. The standard InChI is InChI=1S/C17H18ClNO4S/c1-11-5-8-15(12(2)9-11)23-17(20)13-6-7-14(18)16(10-13)24(21,22)19(3)4/h5-10H,1-4H3. The molecule has 0 unspecified atom stereocenters. The molecule has 2 rings (SSSR count). The van der Waals surface area contributed by atoms with Gasteiger partial charge in [0.1, 0.15) is 10.6 Å². The largest absolute Gasteiger partial charge is 0.423 e. The smallest absolute Gasteiger partial charge is 0.343 e. The van der Waals surface area contributed by atoms with Gasteiger partial charge in [0, 0.05) is 14.1 Å². The van der Waals surface area contributed by atoms with E-state index in [-0.39, 0.29) is 15.5 Å². The van der Waals surface area contributed by atoms with Crippen molar-refractivity contribution >= 4 is 27.6 Å². The van der Waals surface area contributed by atoms with Crippen LogP contribution in [0.2, 0.25) is 5.02 Å². The Balaban J connectivity index is 2.37. The van der Waals surface area contributed by atoms with Gasteiger partial charge in [-0.25, -0.2) is 17.5 Å². The predicted molar refractivity (Wildman–Crippen MR) is 93.2 cm³/mol. The molecule has 0 fully saturated rings. The minimum absolute atomic E-state index is 0.0479. The third kappa shape index (κ3) is 3.77. The highest BCUT2D eigenvalue weighted by atomic mass is 35.5. The third-order valence-corrected chi connectivity index (χ3v) is 5.76. The maximum Gasteiger partial charge on any atom is 0.343 e. The van der Waals surface area contributed by atoms with Gasteiger partial charge in [-0.05, 0) is 43.7 Å². The molecule has 0 aliphatic heterocycles. The van der Waals surface area contributed by atoms with Gasteiger partial charge in [0.25, 0.3) is 0 Å². The zero-order chi connectivity index (χ0) is 18.1. The second kappa shape index (κ2) is 6.93. The summed E-state index contributed by atoms with van der Waals surface area (Å²) in [5, 5.41) is 0.0479. The lowest BCUT2D eigenvalue weighted by Gasteiger charge is -2.14. The lowest BCUT2D eigenvalue weighted by atomic mass is 10.1. The van der Waals surface area contributed by atoms with Crippen molar-refractivity contribution in [3.8, 4) is 5.75 Å². The molecule has 7 heteroatoms. The van der Waals surface area contributed by atoms with E-state index in [0.29, 0.717) is 5.75 Å². The Morgan fingerprint density at radius 2 is 1.75 bits per heavy atom. The Hall–Kier alpha value is -1.89. The summed E-state index contributed by atoms with van der Waals surface area (Å²) in [5.41, 5.74) is 1.98. The van der Waals surface area contributed by atoms with Crippen molar-refractivity contribution in [3.05, 3.63) is 58.1 Å². The van der Waals surface area contributed by atoms with E-state index >= 15 is 0 Å². The van der Waals surface area contributed by atoms with Crippen molar-refractivity contribution in [2.45, 2.75) is 18.7 Å². The molecule has 0 aromatic heterocycles. The van der Waals surface area contributed by atoms with Gasteiger partial charge in [-0.2, -0.15) is 0 Å². The first-order valence-electron chi connectivity index (χ1n) is 7.14. The fourth-order valence-corrected chi connectivity index (χ4v) is 3.49. The molecule has 2 aromatic rings. The summed E-state index contributed by atoms with van der Waals surface area (Å²) in [6, 6.07) is 9.46. The molecule has 24 heavy (non-hydrogen) atoms. The van der Waals surface area contributed by atoms with Crippen LogP contribution in [0, 0.1) is 13.8 Å². The summed E-state index contributed by atoms with van der Waals surface area (Å²) in [6.07, 6.45) is 0. The third-order valence-electron chi connectivity index (χ3n) is 3.46. The Morgan fingerprint density at radius 1 is 1.08 bits per heavy atom. The van der Waals surface area contributed by atoms with Crippen LogP contribution in [-0.2, 0) is 10.0 Å². The topological polar surface area (TPSA) is 63.7 Å². The monoisotopic (exact) mass is 367 g/mol. The summed E-state index contributed by atoms with van der Waals surface area (Å²) < 4.78 is 30.9. The second-order valence-corrected chi connectivity index (χ2v) is 8.12. The molecule has 2 aromatic carbocycles. The summed E-state index contributed by atoms with van der Waals surface area (Å²) in [5.74, 6) is -0.216. The summed E-state index contributed by atoms with van der Waals surface area (Å²) in [4.78, 5) is 12.2. The Morgan fingerprint density at radius 3 is 2.33 bits per heavy atom. The van der Waals surface area contributed by atoms with Crippen LogP contribution in [0.3, 0.4) is 0 Å². The van der Waals surface area contributed by atoms with E-state index < -0.39 is 16.0 Å². The molecule has 0 atom stereocenters. The lowest BCUT2D eigenvalue weighted by Crippen LogP contribution is -2.23. The lowest BCUT2D eigenvalue weighted by molar-refractivity contribution is 0.0733. The maximum absolute atomic E-state index is 12.3. The van der Waals surface area contributed by atoms with Crippen molar-refractivity contribution < 1.29 is 17.9 Å². The Kier molecular flexibility index (Phi) is 5.32. The molecule has 0 aliphatic rings. The molecule has 0 saturated heterocycles. The van der Waals surface area contributed by atoms with E-state index in [1.807, 2.05) is 26.0 Å². The van der Waals surface area contributed by atoms with Gasteiger partial charge in [-0.1, -0.05) is 29.3 Å². The highest BCUT2D eigenvalue weighted by Gasteiger charge is 2.23. The van der Waals surface area contributed by atoms with Crippen LogP contribution in [0.15, 0.2) is 41.3 Å². The summed E-state index contributed by atoms with van der Waals surface area (Å²) >= 11 is 5.97. The molecule has 0 saturated carbocycles. The maximum atomic E-state index is 12.3. The molecule has 5 nitrogen and oxygen atoms in total. The number of aryl methyl sites for hydroxylation is 2. The number of carbonyl (C=O) groups is 1. The molecular formula is C17H18ClNO4S. The molecule has 0 bridgehead atoms. The highest BCUT2D eigenvalue weighted by Crippen LogP contribution is 2.26. The molecule has 0 spiro atoms. The number of halogens is 1. The highest BCUT2D eigenvalue weighted by molar-refractivity contribution is 7.89. The average Bonchev–Trinajstić information content (AvgIpc) is 2.50. The average molecular weight is 368 g/mol. The van der Waals surface area contributed by atoms with Crippen LogP contribution >= 0.6 is 11.6 Å². The molecule has 0 radical (unpaired) electrons. The van der Waals surface area contributed by atoms with Crippen LogP contribution in [0.5, 0.6) is 5.75 Å². The number of nitrogens with zero attached hydrogens (tertiary/aromatic N) is 1. The summed E-state index contributed by atoms with van der Waals surface area (Å²) in [6.45, 7) is 3.77.